The van der Waals surface area contributed by atoms with Crippen LogP contribution in [0.5, 0.6) is 0 Å². The third kappa shape index (κ3) is 3.67. The molecular weight excluding hydrogens is 230 g/mol. The minimum atomic E-state index is -0.708. The Labute approximate surface area is 109 Å². The number of hydrogen-bond donors (Lipinski definition) is 1. The molecule has 0 amide bonds. The smallest absolute Gasteiger partial charge is 0.320 e. The maximum absolute atomic E-state index is 10.9. The number of carboxylic acids is 1. The molecule has 104 valence electrons. The lowest BCUT2D eigenvalue weighted by molar-refractivity contribution is -0.143. The van der Waals surface area contributed by atoms with Crippen LogP contribution < -0.4 is 0 Å². The highest BCUT2D eigenvalue weighted by Crippen LogP contribution is 2.09. The first-order chi connectivity index (χ1) is 8.66. The Hall–Kier alpha value is -0.650. The number of likely N-dealkylation sites (tertiary alicyclic amines) is 1. The molecular formula is C13H25N3O2. The van der Waals surface area contributed by atoms with Gasteiger partial charge in [0.15, 0.2) is 0 Å². The zero-order valence-corrected chi connectivity index (χ0v) is 11.3. The maximum Gasteiger partial charge on any atom is 0.320 e. The first-order valence-corrected chi connectivity index (χ1v) is 7.08. The van der Waals surface area contributed by atoms with Crippen LogP contribution in [0.2, 0.25) is 0 Å². The van der Waals surface area contributed by atoms with E-state index in [1.165, 1.54) is 32.5 Å². The first-order valence-electron chi connectivity index (χ1n) is 7.08. The lowest BCUT2D eigenvalue weighted by Crippen LogP contribution is -2.52. The lowest BCUT2D eigenvalue weighted by atomic mass is 10.2. The van der Waals surface area contributed by atoms with Gasteiger partial charge < -0.3 is 10.0 Å². The van der Waals surface area contributed by atoms with Gasteiger partial charge in [-0.1, -0.05) is 0 Å². The molecule has 1 atom stereocenters. The molecule has 18 heavy (non-hydrogen) atoms. The molecule has 5 nitrogen and oxygen atoms in total. The van der Waals surface area contributed by atoms with Gasteiger partial charge in [0.1, 0.15) is 6.04 Å². The van der Waals surface area contributed by atoms with Gasteiger partial charge in [-0.05, 0) is 32.9 Å². The van der Waals surface area contributed by atoms with Gasteiger partial charge in [-0.3, -0.25) is 14.6 Å². The van der Waals surface area contributed by atoms with Crippen molar-refractivity contribution in [1.29, 1.82) is 0 Å². The molecule has 5 heteroatoms. The number of nitrogens with zero attached hydrogens (tertiary/aromatic N) is 3. The van der Waals surface area contributed by atoms with E-state index in [2.05, 4.69) is 14.7 Å². The second kappa shape index (κ2) is 6.50. The topological polar surface area (TPSA) is 47.0 Å². The maximum atomic E-state index is 10.9. The van der Waals surface area contributed by atoms with Gasteiger partial charge in [0, 0.05) is 39.3 Å². The summed E-state index contributed by atoms with van der Waals surface area (Å²) in [6.45, 7) is 10.4. The van der Waals surface area contributed by atoms with E-state index in [0.717, 1.165) is 32.7 Å². The van der Waals surface area contributed by atoms with E-state index in [9.17, 15) is 4.79 Å². The monoisotopic (exact) mass is 255 g/mol. The normalized spacial score (nSPS) is 25.4. The molecule has 0 bridgehead atoms. The molecule has 0 aromatic rings. The van der Waals surface area contributed by atoms with E-state index in [1.54, 1.807) is 6.92 Å². The number of aliphatic carboxylic acids is 1. The van der Waals surface area contributed by atoms with E-state index in [-0.39, 0.29) is 6.04 Å². The number of carbonyl (C=O) groups is 1. The molecule has 2 aliphatic heterocycles. The summed E-state index contributed by atoms with van der Waals surface area (Å²) in [5, 5.41) is 8.99. The molecule has 0 aromatic heterocycles. The standard InChI is InChI=1S/C13H25N3O2/c1-12(13(17)18)16-10-8-15(9-11-16)7-6-14-4-2-3-5-14/h12H,2-11H2,1H3,(H,17,18). The van der Waals surface area contributed by atoms with Gasteiger partial charge >= 0.3 is 5.97 Å². The zero-order chi connectivity index (χ0) is 13.0. The van der Waals surface area contributed by atoms with Crippen LogP contribution in [0, 0.1) is 0 Å². The summed E-state index contributed by atoms with van der Waals surface area (Å²) in [5.41, 5.74) is 0. The molecule has 1 N–H and O–H groups in total. The second-order valence-corrected chi connectivity index (χ2v) is 5.44. The molecule has 2 aliphatic rings. The Morgan fingerprint density at radius 3 is 2.00 bits per heavy atom. The molecule has 0 aliphatic carbocycles. The Kier molecular flexibility index (Phi) is 4.97. The average molecular weight is 255 g/mol. The third-order valence-corrected chi connectivity index (χ3v) is 4.24. The molecule has 0 spiro atoms. The number of rotatable bonds is 5. The fourth-order valence-corrected chi connectivity index (χ4v) is 2.82. The van der Waals surface area contributed by atoms with E-state index in [1.807, 2.05) is 0 Å². The van der Waals surface area contributed by atoms with Gasteiger partial charge in [-0.2, -0.15) is 0 Å². The molecule has 1 unspecified atom stereocenters. The van der Waals surface area contributed by atoms with E-state index in [4.69, 9.17) is 5.11 Å². The lowest BCUT2D eigenvalue weighted by Gasteiger charge is -2.37. The fourth-order valence-electron chi connectivity index (χ4n) is 2.82. The van der Waals surface area contributed by atoms with Gasteiger partial charge in [-0.25, -0.2) is 0 Å². The van der Waals surface area contributed by atoms with Crippen molar-refractivity contribution in [2.24, 2.45) is 0 Å². The average Bonchev–Trinajstić information content (AvgIpc) is 2.89. The summed E-state index contributed by atoms with van der Waals surface area (Å²) in [4.78, 5) is 18.0. The summed E-state index contributed by atoms with van der Waals surface area (Å²) in [6.07, 6.45) is 2.70. The first kappa shape index (κ1) is 13.8. The highest BCUT2D eigenvalue weighted by atomic mass is 16.4. The van der Waals surface area contributed by atoms with Crippen molar-refractivity contribution >= 4 is 5.97 Å². The van der Waals surface area contributed by atoms with Gasteiger partial charge in [0.2, 0.25) is 0 Å². The van der Waals surface area contributed by atoms with Crippen LogP contribution in [0.3, 0.4) is 0 Å². The van der Waals surface area contributed by atoms with Crippen LogP contribution in [-0.2, 0) is 4.79 Å². The van der Waals surface area contributed by atoms with Crippen molar-refractivity contribution in [1.82, 2.24) is 14.7 Å². The molecule has 0 radical (unpaired) electrons. The van der Waals surface area contributed by atoms with Crippen LogP contribution in [0.15, 0.2) is 0 Å². The molecule has 2 rings (SSSR count). The quantitative estimate of drug-likeness (QED) is 0.759. The summed E-state index contributed by atoms with van der Waals surface area (Å²) in [6, 6.07) is -0.342. The van der Waals surface area contributed by atoms with Crippen LogP contribution in [-0.4, -0.2) is 84.2 Å². The second-order valence-electron chi connectivity index (χ2n) is 5.44. The van der Waals surface area contributed by atoms with Crippen molar-refractivity contribution in [2.75, 3.05) is 52.4 Å². The highest BCUT2D eigenvalue weighted by molar-refractivity contribution is 5.72. The Bertz CT molecular complexity index is 271. The van der Waals surface area contributed by atoms with E-state index < -0.39 is 5.97 Å². The predicted octanol–water partition coefficient (Wildman–Crippen LogP) is 0.173. The molecule has 2 saturated heterocycles. The van der Waals surface area contributed by atoms with Crippen molar-refractivity contribution in [2.45, 2.75) is 25.8 Å². The van der Waals surface area contributed by atoms with E-state index >= 15 is 0 Å². The SMILES string of the molecule is CC(C(=O)O)N1CCN(CCN2CCCC2)CC1. The third-order valence-electron chi connectivity index (χ3n) is 4.24. The van der Waals surface area contributed by atoms with E-state index in [0.29, 0.717) is 0 Å². The van der Waals surface area contributed by atoms with Crippen molar-refractivity contribution in [3.8, 4) is 0 Å². The minimum absolute atomic E-state index is 0.342. The summed E-state index contributed by atoms with van der Waals surface area (Å²) < 4.78 is 0. The summed E-state index contributed by atoms with van der Waals surface area (Å²) in [5.74, 6) is -0.708. The Balaban J connectivity index is 1.65. The Morgan fingerprint density at radius 1 is 1.00 bits per heavy atom. The summed E-state index contributed by atoms with van der Waals surface area (Å²) >= 11 is 0. The zero-order valence-electron chi connectivity index (χ0n) is 11.3. The van der Waals surface area contributed by atoms with Crippen molar-refractivity contribution in [3.63, 3.8) is 0 Å². The van der Waals surface area contributed by atoms with Gasteiger partial charge in [-0.15, -0.1) is 0 Å². The minimum Gasteiger partial charge on any atom is -0.480 e. The molecule has 2 heterocycles. The number of piperazine rings is 1. The van der Waals surface area contributed by atoms with Gasteiger partial charge in [0.25, 0.3) is 0 Å². The van der Waals surface area contributed by atoms with Crippen LogP contribution in [0.25, 0.3) is 0 Å². The number of hydrogen-bond acceptors (Lipinski definition) is 4. The van der Waals surface area contributed by atoms with Crippen LogP contribution >= 0.6 is 0 Å². The predicted molar refractivity (Wildman–Crippen MR) is 70.8 cm³/mol. The van der Waals surface area contributed by atoms with Crippen LogP contribution in [0.1, 0.15) is 19.8 Å². The van der Waals surface area contributed by atoms with Crippen LogP contribution in [0.4, 0.5) is 0 Å². The number of carboxylic acid groups (broad SMARTS) is 1. The summed E-state index contributed by atoms with van der Waals surface area (Å²) in [7, 11) is 0. The highest BCUT2D eigenvalue weighted by Gasteiger charge is 2.25. The fraction of sp³-hybridized carbons (Fsp3) is 0.923. The molecule has 0 saturated carbocycles. The Morgan fingerprint density at radius 2 is 1.50 bits per heavy atom. The van der Waals surface area contributed by atoms with Gasteiger partial charge in [0.05, 0.1) is 0 Å². The van der Waals surface area contributed by atoms with Crippen molar-refractivity contribution in [3.05, 3.63) is 0 Å². The van der Waals surface area contributed by atoms with Crippen molar-refractivity contribution < 1.29 is 9.90 Å². The molecule has 2 fully saturated rings. The molecule has 0 aromatic carbocycles. The largest absolute Gasteiger partial charge is 0.480 e.